The van der Waals surface area contributed by atoms with Crippen LogP contribution < -0.4 is 10.5 Å². The first-order valence-electron chi connectivity index (χ1n) is 8.40. The minimum absolute atomic E-state index is 0.0456. The van der Waals surface area contributed by atoms with Crippen molar-refractivity contribution in [3.05, 3.63) is 45.2 Å². The number of carbonyl (C=O) groups is 3. The lowest BCUT2D eigenvalue weighted by Gasteiger charge is -2.10. The van der Waals surface area contributed by atoms with Crippen LogP contribution in [0.15, 0.2) is 12.1 Å². The maximum atomic E-state index is 12.6. The molecule has 2 aromatic rings. The Morgan fingerprint density at radius 3 is 2.43 bits per heavy atom. The van der Waals surface area contributed by atoms with Crippen LogP contribution in [-0.4, -0.2) is 43.0 Å². The molecule has 8 nitrogen and oxygen atoms in total. The van der Waals surface area contributed by atoms with Gasteiger partial charge in [-0.2, -0.15) is 0 Å². The third kappa shape index (κ3) is 4.28. The summed E-state index contributed by atoms with van der Waals surface area (Å²) in [7, 11) is 1.37. The number of benzene rings is 1. The topological polar surface area (TPSA) is 121 Å². The van der Waals surface area contributed by atoms with Crippen LogP contribution in [0.2, 0.25) is 5.02 Å². The highest BCUT2D eigenvalue weighted by Gasteiger charge is 2.24. The zero-order chi connectivity index (χ0) is 21.0. The van der Waals surface area contributed by atoms with Gasteiger partial charge in [-0.25, -0.2) is 9.59 Å². The maximum absolute atomic E-state index is 12.6. The summed E-state index contributed by atoms with van der Waals surface area (Å²) < 4.78 is 15.2. The van der Waals surface area contributed by atoms with Gasteiger partial charge in [0.2, 0.25) is 5.78 Å². The van der Waals surface area contributed by atoms with Gasteiger partial charge in [0.25, 0.3) is 0 Å². The molecule has 1 aromatic heterocycles. The van der Waals surface area contributed by atoms with E-state index >= 15 is 0 Å². The second kappa shape index (κ2) is 8.79. The zero-order valence-corrected chi connectivity index (χ0v) is 16.7. The van der Waals surface area contributed by atoms with Gasteiger partial charge in [-0.15, -0.1) is 0 Å². The van der Waals surface area contributed by atoms with Gasteiger partial charge in [-0.3, -0.25) is 4.79 Å². The number of nitrogens with one attached hydrogen (secondary N) is 1. The quantitative estimate of drug-likeness (QED) is 0.410. The van der Waals surface area contributed by atoms with Crippen molar-refractivity contribution in [3.8, 4) is 5.75 Å². The molecule has 0 atom stereocenters. The summed E-state index contributed by atoms with van der Waals surface area (Å²) in [4.78, 5) is 39.7. The number of H-pyrrole nitrogens is 1. The lowest BCUT2D eigenvalue weighted by molar-refractivity contribution is 0.0470. The number of anilines is 1. The Kier molecular flexibility index (Phi) is 6.69. The fourth-order valence-electron chi connectivity index (χ4n) is 2.75. The molecule has 0 saturated carbocycles. The van der Waals surface area contributed by atoms with Gasteiger partial charge in [-0.1, -0.05) is 11.6 Å². The third-order valence-electron chi connectivity index (χ3n) is 4.07. The molecule has 0 spiro atoms. The van der Waals surface area contributed by atoms with Crippen molar-refractivity contribution in [1.29, 1.82) is 0 Å². The lowest BCUT2D eigenvalue weighted by Crippen LogP contribution is -2.16. The molecule has 0 radical (unpaired) electrons. The first kappa shape index (κ1) is 21.3. The molecule has 0 saturated heterocycles. The molecule has 2 rings (SSSR count). The fourth-order valence-corrected chi connectivity index (χ4v) is 2.92. The van der Waals surface area contributed by atoms with Crippen molar-refractivity contribution >= 4 is 35.0 Å². The molecule has 0 fully saturated rings. The van der Waals surface area contributed by atoms with Gasteiger partial charge in [0.15, 0.2) is 6.61 Å². The molecule has 0 aliphatic carbocycles. The van der Waals surface area contributed by atoms with Crippen molar-refractivity contribution in [2.75, 3.05) is 26.1 Å². The highest BCUT2D eigenvalue weighted by atomic mass is 35.5. The van der Waals surface area contributed by atoms with Crippen LogP contribution >= 0.6 is 11.6 Å². The van der Waals surface area contributed by atoms with Crippen LogP contribution in [0.25, 0.3) is 0 Å². The zero-order valence-electron chi connectivity index (χ0n) is 16.0. The van der Waals surface area contributed by atoms with E-state index in [1.165, 1.54) is 19.2 Å². The van der Waals surface area contributed by atoms with E-state index in [1.54, 1.807) is 20.8 Å². The number of ketones is 1. The van der Waals surface area contributed by atoms with Crippen molar-refractivity contribution in [3.63, 3.8) is 0 Å². The Morgan fingerprint density at radius 1 is 1.14 bits per heavy atom. The van der Waals surface area contributed by atoms with Gasteiger partial charge in [0.1, 0.15) is 17.0 Å². The smallest absolute Gasteiger partial charge is 0.355 e. The number of aryl methyl sites for hydroxylation is 1. The summed E-state index contributed by atoms with van der Waals surface area (Å²) >= 11 is 5.94. The average Bonchev–Trinajstić information content (AvgIpc) is 2.95. The van der Waals surface area contributed by atoms with Crippen LogP contribution in [0, 0.1) is 13.8 Å². The number of nitrogens with two attached hydrogens (primary N) is 1. The fraction of sp³-hybridized carbons (Fsp3) is 0.316. The largest absolute Gasteiger partial charge is 0.496 e. The molecular formula is C19H21ClN2O6. The first-order chi connectivity index (χ1) is 13.2. The number of rotatable bonds is 7. The van der Waals surface area contributed by atoms with Gasteiger partial charge in [0, 0.05) is 17.3 Å². The molecule has 0 amide bonds. The van der Waals surface area contributed by atoms with E-state index in [1.807, 2.05) is 0 Å². The number of aromatic amines is 1. The molecular weight excluding hydrogens is 388 g/mol. The molecule has 0 bridgehead atoms. The highest BCUT2D eigenvalue weighted by molar-refractivity contribution is 6.33. The molecule has 0 unspecified atom stereocenters. The molecule has 28 heavy (non-hydrogen) atoms. The lowest BCUT2D eigenvalue weighted by atomic mass is 10.1. The van der Waals surface area contributed by atoms with Gasteiger partial charge in [-0.05, 0) is 32.4 Å². The predicted octanol–water partition coefficient (Wildman–Crippen LogP) is 3.09. The number of halogens is 1. The Labute approximate surface area is 166 Å². The molecule has 0 aliphatic heterocycles. The van der Waals surface area contributed by atoms with Crippen LogP contribution in [0.5, 0.6) is 5.75 Å². The van der Waals surface area contributed by atoms with Crippen molar-refractivity contribution in [1.82, 2.24) is 4.98 Å². The second-order valence-electron chi connectivity index (χ2n) is 5.92. The molecule has 9 heteroatoms. The van der Waals surface area contributed by atoms with Gasteiger partial charge >= 0.3 is 11.9 Å². The number of nitrogen functional groups attached to an aromatic ring is 1. The number of carbonyl (C=O) groups excluding carboxylic acids is 3. The normalized spacial score (nSPS) is 10.5. The van der Waals surface area contributed by atoms with Crippen molar-refractivity contribution in [2.45, 2.75) is 20.8 Å². The molecule has 1 aromatic carbocycles. The third-order valence-corrected chi connectivity index (χ3v) is 4.40. The summed E-state index contributed by atoms with van der Waals surface area (Å²) in [5, 5.41) is 0.162. The Morgan fingerprint density at radius 2 is 1.82 bits per heavy atom. The van der Waals surface area contributed by atoms with Crippen LogP contribution in [0.3, 0.4) is 0 Å². The Hall–Kier alpha value is -3.00. The number of Topliss-reactive ketones (excluding diaryl/α,β-unsaturated/α-hetero) is 1. The average molecular weight is 409 g/mol. The monoisotopic (exact) mass is 408 g/mol. The van der Waals surface area contributed by atoms with Crippen LogP contribution in [0.4, 0.5) is 5.69 Å². The number of esters is 2. The SMILES string of the molecule is CCOC(=O)c1[nH]c(C)c(C(=O)COC(=O)c2cc(Cl)c(N)cc2OC)c1C. The number of ether oxygens (including phenoxy) is 3. The number of hydrogen-bond acceptors (Lipinski definition) is 7. The number of hydrogen-bond donors (Lipinski definition) is 2. The van der Waals surface area contributed by atoms with Crippen LogP contribution in [0.1, 0.15) is 49.4 Å². The predicted molar refractivity (Wildman–Crippen MR) is 103 cm³/mol. The minimum Gasteiger partial charge on any atom is -0.496 e. The number of methoxy groups -OCH3 is 1. The molecule has 0 aliphatic rings. The Balaban J connectivity index is 2.18. The van der Waals surface area contributed by atoms with Crippen LogP contribution in [-0.2, 0) is 9.47 Å². The summed E-state index contributed by atoms with van der Waals surface area (Å²) in [6, 6.07) is 2.71. The maximum Gasteiger partial charge on any atom is 0.355 e. The summed E-state index contributed by atoms with van der Waals surface area (Å²) in [6.07, 6.45) is 0. The Bertz CT molecular complexity index is 935. The molecule has 150 valence electrons. The van der Waals surface area contributed by atoms with Gasteiger partial charge < -0.3 is 24.9 Å². The van der Waals surface area contributed by atoms with E-state index < -0.39 is 24.3 Å². The van der Waals surface area contributed by atoms with E-state index in [-0.39, 0.29) is 39.9 Å². The molecule has 1 heterocycles. The first-order valence-corrected chi connectivity index (χ1v) is 8.78. The summed E-state index contributed by atoms with van der Waals surface area (Å²) in [6.45, 7) is 4.64. The van der Waals surface area contributed by atoms with E-state index in [0.717, 1.165) is 0 Å². The number of aromatic nitrogens is 1. The minimum atomic E-state index is -0.788. The van der Waals surface area contributed by atoms with E-state index in [2.05, 4.69) is 4.98 Å². The summed E-state index contributed by atoms with van der Waals surface area (Å²) in [5.74, 6) is -1.63. The second-order valence-corrected chi connectivity index (χ2v) is 6.33. The van der Waals surface area contributed by atoms with E-state index in [4.69, 9.17) is 31.5 Å². The van der Waals surface area contributed by atoms with E-state index in [0.29, 0.717) is 11.3 Å². The standard InChI is InChI=1S/C19H21ClN2O6/c1-5-27-19(25)17-9(2)16(10(3)22-17)14(23)8-28-18(24)11-6-12(20)13(21)7-15(11)26-4/h6-7,22H,5,8,21H2,1-4H3. The molecule has 3 N–H and O–H groups in total. The highest BCUT2D eigenvalue weighted by Crippen LogP contribution is 2.29. The summed E-state index contributed by atoms with van der Waals surface area (Å²) in [5.41, 5.74) is 7.37. The van der Waals surface area contributed by atoms with Crippen molar-refractivity contribution in [2.24, 2.45) is 0 Å². The van der Waals surface area contributed by atoms with Crippen molar-refractivity contribution < 1.29 is 28.6 Å². The van der Waals surface area contributed by atoms with E-state index in [9.17, 15) is 14.4 Å². The van der Waals surface area contributed by atoms with Gasteiger partial charge in [0.05, 0.1) is 24.4 Å².